The fraction of sp³-hybridized carbons (Fsp3) is 0.500. The molecule has 1 fully saturated rings. The predicted molar refractivity (Wildman–Crippen MR) is 121 cm³/mol. The molecule has 164 valence electrons. The molecule has 2 heterocycles. The second kappa shape index (κ2) is 7.94. The molecule has 1 aliphatic carbocycles. The number of nitrogens with two attached hydrogens (primary N) is 1. The van der Waals surface area contributed by atoms with E-state index < -0.39 is 5.91 Å². The number of imidazole rings is 1. The highest BCUT2D eigenvalue weighted by molar-refractivity contribution is 5.93. The van der Waals surface area contributed by atoms with Gasteiger partial charge in [-0.15, -0.1) is 5.10 Å². The van der Waals surface area contributed by atoms with Crippen LogP contribution < -0.4 is 11.3 Å². The lowest BCUT2D eigenvalue weighted by Gasteiger charge is -2.36. The summed E-state index contributed by atoms with van der Waals surface area (Å²) in [4.78, 5) is 32.3. The lowest BCUT2D eigenvalue weighted by molar-refractivity contribution is 0.100. The average Bonchev–Trinajstić information content (AvgIpc) is 3.12. The van der Waals surface area contributed by atoms with Crippen LogP contribution in [0.25, 0.3) is 16.9 Å². The monoisotopic (exact) mass is 421 g/mol. The van der Waals surface area contributed by atoms with Crippen LogP contribution in [0, 0.1) is 11.3 Å². The molecule has 3 N–H and O–H groups in total. The summed E-state index contributed by atoms with van der Waals surface area (Å²) in [6.45, 7) is 8.94. The molecule has 1 amide bonds. The minimum absolute atomic E-state index is 0.214. The minimum atomic E-state index is -0.516. The van der Waals surface area contributed by atoms with Crippen molar-refractivity contribution in [2.24, 2.45) is 17.1 Å². The lowest BCUT2D eigenvalue weighted by atomic mass is 9.70. The number of aromatic nitrogens is 4. The van der Waals surface area contributed by atoms with Crippen molar-refractivity contribution in [3.63, 3.8) is 0 Å². The van der Waals surface area contributed by atoms with Crippen molar-refractivity contribution in [3.05, 3.63) is 51.7 Å². The number of hydrogen-bond acceptors (Lipinski definition) is 4. The molecule has 2 aromatic heterocycles. The first-order valence-electron chi connectivity index (χ1n) is 11.1. The number of amides is 1. The third kappa shape index (κ3) is 4.01. The molecule has 4 rings (SSSR count). The summed E-state index contributed by atoms with van der Waals surface area (Å²) < 4.78 is 1.74. The van der Waals surface area contributed by atoms with Gasteiger partial charge in [-0.2, -0.15) is 0 Å². The van der Waals surface area contributed by atoms with Gasteiger partial charge in [0.05, 0.1) is 5.69 Å². The Balaban J connectivity index is 1.78. The Morgan fingerprint density at radius 2 is 1.94 bits per heavy atom. The van der Waals surface area contributed by atoms with Gasteiger partial charge in [0.2, 0.25) is 5.91 Å². The number of benzene rings is 1. The SMILES string of the molecule is CCc1nc(C2CCC(C(C)(C)C)CC2)n2nc(-c3cccc(C(N)=O)c3)[nH]c(=O)c12. The van der Waals surface area contributed by atoms with Crippen LogP contribution in [-0.4, -0.2) is 25.5 Å². The van der Waals surface area contributed by atoms with E-state index in [-0.39, 0.29) is 11.5 Å². The largest absolute Gasteiger partial charge is 0.366 e. The molecule has 3 aromatic rings. The number of aryl methyl sites for hydroxylation is 1. The standard InChI is InChI=1S/C24H31N5O2/c1-5-18-19-23(31)27-21(16-8-6-7-15(13-16)20(25)30)28-29(19)22(26-18)14-9-11-17(12-10-14)24(2,3)4/h6-8,13-14,17H,5,9-12H2,1-4H3,(H2,25,30)(H,27,28,31). The van der Waals surface area contributed by atoms with Crippen molar-refractivity contribution >= 4 is 11.4 Å². The van der Waals surface area contributed by atoms with Crippen LogP contribution in [-0.2, 0) is 6.42 Å². The third-order valence-corrected chi connectivity index (χ3v) is 6.67. The molecule has 7 nitrogen and oxygen atoms in total. The highest BCUT2D eigenvalue weighted by Crippen LogP contribution is 2.43. The molecule has 1 aliphatic rings. The zero-order valence-corrected chi connectivity index (χ0v) is 18.7. The normalized spacial score (nSPS) is 19.6. The van der Waals surface area contributed by atoms with E-state index in [4.69, 9.17) is 15.8 Å². The van der Waals surface area contributed by atoms with Crippen LogP contribution in [0.4, 0.5) is 0 Å². The topological polar surface area (TPSA) is 106 Å². The Morgan fingerprint density at radius 1 is 1.23 bits per heavy atom. The number of primary amides is 1. The van der Waals surface area contributed by atoms with Crippen LogP contribution in [0.3, 0.4) is 0 Å². The summed E-state index contributed by atoms with van der Waals surface area (Å²) in [5, 5.41) is 4.76. The Kier molecular flexibility index (Phi) is 5.45. The molecule has 0 unspecified atom stereocenters. The quantitative estimate of drug-likeness (QED) is 0.662. The number of fused-ring (bicyclic) bond motifs is 1. The molecule has 0 saturated heterocycles. The van der Waals surface area contributed by atoms with E-state index in [1.807, 2.05) is 13.0 Å². The summed E-state index contributed by atoms with van der Waals surface area (Å²) in [6.07, 6.45) is 5.07. The number of hydrogen-bond donors (Lipinski definition) is 2. The number of nitrogens with zero attached hydrogens (tertiary/aromatic N) is 3. The van der Waals surface area contributed by atoms with Crippen LogP contribution in [0.15, 0.2) is 29.1 Å². The summed E-state index contributed by atoms with van der Waals surface area (Å²) in [6, 6.07) is 6.84. The van der Waals surface area contributed by atoms with E-state index in [1.54, 1.807) is 22.7 Å². The van der Waals surface area contributed by atoms with Gasteiger partial charge in [-0.05, 0) is 55.6 Å². The van der Waals surface area contributed by atoms with Crippen molar-refractivity contribution in [1.82, 2.24) is 19.6 Å². The van der Waals surface area contributed by atoms with Crippen LogP contribution in [0.2, 0.25) is 0 Å². The molecular weight excluding hydrogens is 390 g/mol. The van der Waals surface area contributed by atoms with Gasteiger partial charge < -0.3 is 10.7 Å². The first-order valence-corrected chi connectivity index (χ1v) is 11.1. The molecule has 0 radical (unpaired) electrons. The number of rotatable bonds is 4. The first kappa shape index (κ1) is 21.3. The van der Waals surface area contributed by atoms with Crippen molar-refractivity contribution in [1.29, 1.82) is 0 Å². The zero-order chi connectivity index (χ0) is 22.3. The van der Waals surface area contributed by atoms with Crippen LogP contribution >= 0.6 is 0 Å². The number of carbonyl (C=O) groups excluding carboxylic acids is 1. The maximum atomic E-state index is 13.0. The first-order chi connectivity index (χ1) is 14.7. The molecule has 0 bridgehead atoms. The fourth-order valence-corrected chi connectivity index (χ4v) is 4.77. The van der Waals surface area contributed by atoms with Gasteiger partial charge in [0.25, 0.3) is 5.56 Å². The van der Waals surface area contributed by atoms with Gasteiger partial charge >= 0.3 is 0 Å². The molecule has 31 heavy (non-hydrogen) atoms. The number of nitrogens with one attached hydrogen (secondary N) is 1. The Morgan fingerprint density at radius 3 is 2.55 bits per heavy atom. The highest BCUT2D eigenvalue weighted by Gasteiger charge is 2.32. The highest BCUT2D eigenvalue weighted by atomic mass is 16.1. The summed E-state index contributed by atoms with van der Waals surface area (Å²) in [5.41, 5.74) is 7.83. The van der Waals surface area contributed by atoms with E-state index in [1.165, 1.54) is 0 Å². The van der Waals surface area contributed by atoms with Gasteiger partial charge in [0, 0.05) is 17.0 Å². The maximum absolute atomic E-state index is 13.0. The number of aromatic amines is 1. The second-order valence-electron chi connectivity index (χ2n) is 9.69. The van der Waals surface area contributed by atoms with Crippen LogP contribution in [0.1, 0.15) is 81.2 Å². The molecule has 7 heteroatoms. The van der Waals surface area contributed by atoms with E-state index in [9.17, 15) is 9.59 Å². The van der Waals surface area contributed by atoms with E-state index in [2.05, 4.69) is 25.8 Å². The third-order valence-electron chi connectivity index (χ3n) is 6.67. The van der Waals surface area contributed by atoms with Crippen molar-refractivity contribution in [2.45, 2.75) is 65.7 Å². The average molecular weight is 422 g/mol. The number of H-pyrrole nitrogens is 1. The van der Waals surface area contributed by atoms with E-state index in [0.717, 1.165) is 37.2 Å². The van der Waals surface area contributed by atoms with Gasteiger partial charge in [0.1, 0.15) is 5.82 Å². The van der Waals surface area contributed by atoms with Gasteiger partial charge in [-0.3, -0.25) is 9.59 Å². The molecular formula is C24H31N5O2. The Labute approximate surface area is 182 Å². The smallest absolute Gasteiger partial charge is 0.277 e. The van der Waals surface area contributed by atoms with Gasteiger partial charge in [-0.1, -0.05) is 39.8 Å². The molecule has 0 atom stereocenters. The molecule has 0 spiro atoms. The number of carbonyl (C=O) groups is 1. The van der Waals surface area contributed by atoms with Crippen molar-refractivity contribution in [3.8, 4) is 11.4 Å². The lowest BCUT2D eigenvalue weighted by Crippen LogP contribution is -2.26. The summed E-state index contributed by atoms with van der Waals surface area (Å²) >= 11 is 0. The zero-order valence-electron chi connectivity index (χ0n) is 18.7. The fourth-order valence-electron chi connectivity index (χ4n) is 4.77. The second-order valence-corrected chi connectivity index (χ2v) is 9.69. The Hall–Kier alpha value is -2.96. The maximum Gasteiger partial charge on any atom is 0.277 e. The molecule has 1 saturated carbocycles. The molecule has 0 aliphatic heterocycles. The van der Waals surface area contributed by atoms with Gasteiger partial charge in [0.15, 0.2) is 11.3 Å². The van der Waals surface area contributed by atoms with Crippen molar-refractivity contribution < 1.29 is 4.79 Å². The van der Waals surface area contributed by atoms with Gasteiger partial charge in [-0.25, -0.2) is 9.50 Å². The summed E-state index contributed by atoms with van der Waals surface area (Å²) in [5.74, 6) is 1.75. The van der Waals surface area contributed by atoms with Crippen LogP contribution in [0.5, 0.6) is 0 Å². The molecule has 1 aromatic carbocycles. The van der Waals surface area contributed by atoms with E-state index in [0.29, 0.717) is 40.2 Å². The minimum Gasteiger partial charge on any atom is -0.366 e. The summed E-state index contributed by atoms with van der Waals surface area (Å²) in [7, 11) is 0. The van der Waals surface area contributed by atoms with Crippen molar-refractivity contribution in [2.75, 3.05) is 0 Å². The Bertz CT molecular complexity index is 1180. The predicted octanol–water partition coefficient (Wildman–Crippen LogP) is 4.07. The van der Waals surface area contributed by atoms with E-state index >= 15 is 0 Å².